The van der Waals surface area contributed by atoms with Crippen LogP contribution in [0.15, 0.2) is 27.1 Å². The molecular formula is C13H16BrNO. The third-order valence-electron chi connectivity index (χ3n) is 2.83. The number of hydrogen-bond acceptors (Lipinski definition) is 2. The van der Waals surface area contributed by atoms with Crippen molar-refractivity contribution < 1.29 is 4.42 Å². The van der Waals surface area contributed by atoms with Crippen molar-refractivity contribution >= 4 is 26.9 Å². The zero-order chi connectivity index (χ0) is 11.9. The first kappa shape index (κ1) is 11.7. The van der Waals surface area contributed by atoms with Gasteiger partial charge in [0, 0.05) is 9.86 Å². The molecule has 16 heavy (non-hydrogen) atoms. The highest BCUT2D eigenvalue weighted by atomic mass is 79.9. The van der Waals surface area contributed by atoms with Crippen molar-refractivity contribution in [1.29, 1.82) is 0 Å². The van der Waals surface area contributed by atoms with Crippen LogP contribution < -0.4 is 5.73 Å². The normalized spacial score (nSPS) is 13.6. The molecule has 1 aromatic carbocycles. The van der Waals surface area contributed by atoms with Crippen LogP contribution in [0.4, 0.5) is 0 Å². The standard InChI is InChI=1S/C13H16BrNO/c1-7(2)12(15)11-6-9-5-10(14)4-8(3)13(9)16-11/h4-7,12H,15H2,1-3H3. The molecule has 1 aromatic heterocycles. The molecule has 0 radical (unpaired) electrons. The Hall–Kier alpha value is -0.800. The first-order chi connectivity index (χ1) is 7.49. The monoisotopic (exact) mass is 281 g/mol. The van der Waals surface area contributed by atoms with Crippen LogP contribution in [0.25, 0.3) is 11.0 Å². The summed E-state index contributed by atoms with van der Waals surface area (Å²) >= 11 is 3.49. The van der Waals surface area contributed by atoms with Gasteiger partial charge in [-0.15, -0.1) is 0 Å². The van der Waals surface area contributed by atoms with Crippen LogP contribution in [-0.4, -0.2) is 0 Å². The van der Waals surface area contributed by atoms with E-state index in [-0.39, 0.29) is 6.04 Å². The molecule has 1 atom stereocenters. The fraction of sp³-hybridized carbons (Fsp3) is 0.385. The predicted octanol–water partition coefficient (Wildman–Crippen LogP) is 4.16. The number of hydrogen-bond donors (Lipinski definition) is 1. The largest absolute Gasteiger partial charge is 0.459 e. The number of fused-ring (bicyclic) bond motifs is 1. The summed E-state index contributed by atoms with van der Waals surface area (Å²) in [5.74, 6) is 1.25. The molecule has 2 aromatic rings. The minimum absolute atomic E-state index is 0.0365. The Labute approximate surface area is 104 Å². The first-order valence-corrected chi connectivity index (χ1v) is 6.23. The van der Waals surface area contributed by atoms with Crippen molar-refractivity contribution in [3.8, 4) is 0 Å². The number of nitrogens with two attached hydrogens (primary N) is 1. The molecule has 2 rings (SSSR count). The molecule has 0 bridgehead atoms. The van der Waals surface area contributed by atoms with Crippen LogP contribution in [0.3, 0.4) is 0 Å². The summed E-state index contributed by atoms with van der Waals surface area (Å²) in [6.07, 6.45) is 0. The lowest BCUT2D eigenvalue weighted by atomic mass is 10.0. The molecule has 3 heteroatoms. The maximum Gasteiger partial charge on any atom is 0.137 e. The SMILES string of the molecule is Cc1cc(Br)cc2cc(C(N)C(C)C)oc12. The van der Waals surface area contributed by atoms with Gasteiger partial charge < -0.3 is 10.2 Å². The maximum atomic E-state index is 6.08. The lowest BCUT2D eigenvalue weighted by Crippen LogP contribution is -2.15. The van der Waals surface area contributed by atoms with Gasteiger partial charge in [0.15, 0.2) is 0 Å². The van der Waals surface area contributed by atoms with E-state index in [2.05, 4.69) is 41.9 Å². The molecule has 0 saturated heterocycles. The van der Waals surface area contributed by atoms with Gasteiger partial charge in [0.2, 0.25) is 0 Å². The maximum absolute atomic E-state index is 6.08. The molecule has 2 N–H and O–H groups in total. The van der Waals surface area contributed by atoms with E-state index in [0.29, 0.717) is 5.92 Å². The molecule has 0 amide bonds. The van der Waals surface area contributed by atoms with Crippen LogP contribution in [0.5, 0.6) is 0 Å². The van der Waals surface area contributed by atoms with Crippen molar-refractivity contribution in [1.82, 2.24) is 0 Å². The summed E-state index contributed by atoms with van der Waals surface area (Å²) in [5, 5.41) is 1.11. The Morgan fingerprint density at radius 3 is 2.56 bits per heavy atom. The van der Waals surface area contributed by atoms with Gasteiger partial charge >= 0.3 is 0 Å². The van der Waals surface area contributed by atoms with Crippen LogP contribution in [0, 0.1) is 12.8 Å². The predicted molar refractivity (Wildman–Crippen MR) is 70.4 cm³/mol. The van der Waals surface area contributed by atoms with Gasteiger partial charge in [-0.1, -0.05) is 29.8 Å². The summed E-state index contributed by atoms with van der Waals surface area (Å²) in [4.78, 5) is 0. The number of halogens is 1. The molecule has 2 nitrogen and oxygen atoms in total. The average Bonchev–Trinajstić information content (AvgIpc) is 2.60. The minimum atomic E-state index is -0.0365. The molecule has 0 aliphatic carbocycles. The van der Waals surface area contributed by atoms with Gasteiger partial charge in [-0.3, -0.25) is 0 Å². The van der Waals surface area contributed by atoms with E-state index in [0.717, 1.165) is 26.8 Å². The molecule has 86 valence electrons. The van der Waals surface area contributed by atoms with Crippen molar-refractivity contribution in [3.63, 3.8) is 0 Å². The number of benzene rings is 1. The Morgan fingerprint density at radius 2 is 1.94 bits per heavy atom. The van der Waals surface area contributed by atoms with E-state index in [1.165, 1.54) is 0 Å². The Bertz CT molecular complexity index is 516. The van der Waals surface area contributed by atoms with Crippen LogP contribution in [0.1, 0.15) is 31.2 Å². The fourth-order valence-electron chi connectivity index (χ4n) is 1.80. The zero-order valence-electron chi connectivity index (χ0n) is 9.75. The number of aryl methyl sites for hydroxylation is 1. The Kier molecular flexibility index (Phi) is 3.08. The van der Waals surface area contributed by atoms with Crippen molar-refractivity contribution in [3.05, 3.63) is 34.0 Å². The number of furan rings is 1. The van der Waals surface area contributed by atoms with Crippen LogP contribution >= 0.6 is 15.9 Å². The molecule has 0 aliphatic rings. The lowest BCUT2D eigenvalue weighted by molar-refractivity contribution is 0.418. The van der Waals surface area contributed by atoms with Crippen molar-refractivity contribution in [2.45, 2.75) is 26.8 Å². The van der Waals surface area contributed by atoms with E-state index in [1.54, 1.807) is 0 Å². The second-order valence-electron chi connectivity index (χ2n) is 4.56. The Morgan fingerprint density at radius 1 is 1.25 bits per heavy atom. The van der Waals surface area contributed by atoms with Gasteiger partial charge in [-0.25, -0.2) is 0 Å². The fourth-order valence-corrected chi connectivity index (χ4v) is 2.39. The molecule has 0 fully saturated rings. The van der Waals surface area contributed by atoms with Gasteiger partial charge in [0.05, 0.1) is 6.04 Å². The van der Waals surface area contributed by atoms with Gasteiger partial charge in [0.25, 0.3) is 0 Å². The highest BCUT2D eigenvalue weighted by Gasteiger charge is 2.16. The van der Waals surface area contributed by atoms with Gasteiger partial charge in [-0.2, -0.15) is 0 Å². The average molecular weight is 282 g/mol. The molecule has 0 spiro atoms. The van der Waals surface area contributed by atoms with E-state index in [1.807, 2.05) is 13.0 Å². The highest BCUT2D eigenvalue weighted by molar-refractivity contribution is 9.10. The Balaban J connectivity index is 2.56. The summed E-state index contributed by atoms with van der Waals surface area (Å²) in [5.41, 5.74) is 8.15. The summed E-state index contributed by atoms with van der Waals surface area (Å²) in [6, 6.07) is 6.11. The third-order valence-corrected chi connectivity index (χ3v) is 3.29. The van der Waals surface area contributed by atoms with Crippen LogP contribution in [0.2, 0.25) is 0 Å². The van der Waals surface area contributed by atoms with E-state index < -0.39 is 0 Å². The summed E-state index contributed by atoms with van der Waals surface area (Å²) < 4.78 is 6.90. The topological polar surface area (TPSA) is 39.2 Å². The summed E-state index contributed by atoms with van der Waals surface area (Å²) in [6.45, 7) is 6.24. The molecule has 1 heterocycles. The zero-order valence-corrected chi connectivity index (χ0v) is 11.3. The summed E-state index contributed by atoms with van der Waals surface area (Å²) in [7, 11) is 0. The van der Waals surface area contributed by atoms with Gasteiger partial charge in [0.1, 0.15) is 11.3 Å². The minimum Gasteiger partial charge on any atom is -0.459 e. The quantitative estimate of drug-likeness (QED) is 0.898. The van der Waals surface area contributed by atoms with E-state index in [4.69, 9.17) is 10.2 Å². The second-order valence-corrected chi connectivity index (χ2v) is 5.48. The lowest BCUT2D eigenvalue weighted by Gasteiger charge is -2.11. The molecule has 1 unspecified atom stereocenters. The van der Waals surface area contributed by atoms with E-state index in [9.17, 15) is 0 Å². The van der Waals surface area contributed by atoms with Crippen LogP contribution in [-0.2, 0) is 0 Å². The first-order valence-electron chi connectivity index (χ1n) is 5.44. The smallest absolute Gasteiger partial charge is 0.137 e. The van der Waals surface area contributed by atoms with Crippen molar-refractivity contribution in [2.24, 2.45) is 11.7 Å². The van der Waals surface area contributed by atoms with Crippen molar-refractivity contribution in [2.75, 3.05) is 0 Å². The number of rotatable bonds is 2. The molecular weight excluding hydrogens is 266 g/mol. The third kappa shape index (κ3) is 2.02. The molecule has 0 saturated carbocycles. The highest BCUT2D eigenvalue weighted by Crippen LogP contribution is 2.30. The molecule has 0 aliphatic heterocycles. The second kappa shape index (κ2) is 4.22. The van der Waals surface area contributed by atoms with Gasteiger partial charge in [-0.05, 0) is 36.6 Å². The van der Waals surface area contributed by atoms with E-state index >= 15 is 0 Å².